The van der Waals surface area contributed by atoms with Crippen molar-refractivity contribution in [3.05, 3.63) is 107 Å². The highest BCUT2D eigenvalue weighted by molar-refractivity contribution is 6.37. The quantitative estimate of drug-likeness (QED) is 0.451. The standard InChI is InChI=1S/C30H30FN3O4/c1-32-28(33(19-27(35)30(32)37)17-21-12-14-24(31)15-13-21)26-16-25(38-20-22-8-4-2-5-9-22)18-34(26)29(36)23-10-6-3-7-11-23/h2-15,25-26,28H,16-20H2,1H3/t25-,26+,28?/m1/s1. The van der Waals surface area contributed by atoms with Crippen LogP contribution in [0.4, 0.5) is 4.39 Å². The second-order valence-electron chi connectivity index (χ2n) is 9.83. The zero-order valence-corrected chi connectivity index (χ0v) is 21.2. The highest BCUT2D eigenvalue weighted by atomic mass is 19.1. The number of ether oxygens (including phenoxy) is 1. The number of likely N-dealkylation sites (tertiary alicyclic amines) is 1. The molecule has 3 aromatic carbocycles. The van der Waals surface area contributed by atoms with Crippen molar-refractivity contribution in [1.82, 2.24) is 14.7 Å². The van der Waals surface area contributed by atoms with E-state index in [-0.39, 0.29) is 24.4 Å². The molecule has 0 bridgehead atoms. The summed E-state index contributed by atoms with van der Waals surface area (Å²) < 4.78 is 19.8. The topological polar surface area (TPSA) is 70.2 Å². The van der Waals surface area contributed by atoms with E-state index in [1.165, 1.54) is 17.0 Å². The Bertz CT molecular complexity index is 1290. The summed E-state index contributed by atoms with van der Waals surface area (Å²) in [4.78, 5) is 44.2. The third kappa shape index (κ3) is 5.51. The molecule has 2 saturated heterocycles. The van der Waals surface area contributed by atoms with Crippen molar-refractivity contribution in [2.24, 2.45) is 0 Å². The lowest BCUT2D eigenvalue weighted by atomic mass is 10.0. The van der Waals surface area contributed by atoms with E-state index in [4.69, 9.17) is 4.74 Å². The first kappa shape index (κ1) is 25.8. The molecule has 0 radical (unpaired) electrons. The Kier molecular flexibility index (Phi) is 7.62. The zero-order valence-electron chi connectivity index (χ0n) is 21.2. The molecule has 0 aliphatic carbocycles. The fraction of sp³-hybridized carbons (Fsp3) is 0.300. The normalized spacial score (nSPS) is 22.2. The van der Waals surface area contributed by atoms with Gasteiger partial charge in [0.1, 0.15) is 12.0 Å². The van der Waals surface area contributed by atoms with Crippen LogP contribution in [-0.4, -0.2) is 70.7 Å². The number of likely N-dealkylation sites (N-methyl/N-ethyl adjacent to an activating group) is 1. The molecule has 8 heteroatoms. The van der Waals surface area contributed by atoms with Gasteiger partial charge in [-0.15, -0.1) is 0 Å². The van der Waals surface area contributed by atoms with Crippen molar-refractivity contribution in [3.8, 4) is 0 Å². The SMILES string of the molecule is CN1C(=O)C(=O)CN(Cc2ccc(F)cc2)C1[C@@H]1C[C@@H](OCc2ccccc2)CN1C(=O)c1ccccc1. The number of ketones is 1. The molecule has 1 unspecified atom stereocenters. The molecule has 0 N–H and O–H groups in total. The van der Waals surface area contributed by atoms with Crippen LogP contribution >= 0.6 is 0 Å². The first-order valence-corrected chi connectivity index (χ1v) is 12.7. The molecular weight excluding hydrogens is 485 g/mol. The molecule has 2 heterocycles. The number of halogens is 1. The molecule has 3 atom stereocenters. The summed E-state index contributed by atoms with van der Waals surface area (Å²) in [5.41, 5.74) is 2.39. The van der Waals surface area contributed by atoms with Crippen molar-refractivity contribution in [2.75, 3.05) is 20.1 Å². The Hall–Kier alpha value is -3.88. The van der Waals surface area contributed by atoms with E-state index in [0.29, 0.717) is 31.7 Å². The van der Waals surface area contributed by atoms with E-state index >= 15 is 0 Å². The van der Waals surface area contributed by atoms with Gasteiger partial charge in [0.2, 0.25) is 5.78 Å². The van der Waals surface area contributed by atoms with Crippen molar-refractivity contribution in [2.45, 2.75) is 37.9 Å². The molecule has 2 fully saturated rings. The predicted octanol–water partition coefficient (Wildman–Crippen LogP) is 3.50. The average molecular weight is 516 g/mol. The molecule has 0 saturated carbocycles. The smallest absolute Gasteiger partial charge is 0.292 e. The summed E-state index contributed by atoms with van der Waals surface area (Å²) in [5, 5.41) is 0. The summed E-state index contributed by atoms with van der Waals surface area (Å²) in [6, 6.07) is 24.5. The Morgan fingerprint density at radius 3 is 2.26 bits per heavy atom. The summed E-state index contributed by atoms with van der Waals surface area (Å²) >= 11 is 0. The highest BCUT2D eigenvalue weighted by Gasteiger charge is 2.48. The van der Waals surface area contributed by atoms with Crippen LogP contribution in [0.3, 0.4) is 0 Å². The van der Waals surface area contributed by atoms with Crippen LogP contribution in [0.1, 0.15) is 27.9 Å². The summed E-state index contributed by atoms with van der Waals surface area (Å²) in [5.74, 6) is -1.59. The minimum absolute atomic E-state index is 0.0787. The Balaban J connectivity index is 1.44. The van der Waals surface area contributed by atoms with E-state index in [0.717, 1.165) is 11.1 Å². The van der Waals surface area contributed by atoms with Gasteiger partial charge in [-0.1, -0.05) is 60.7 Å². The second kappa shape index (κ2) is 11.2. The summed E-state index contributed by atoms with van der Waals surface area (Å²) in [6.45, 7) is 1.02. The number of Topliss-reactive ketones (excluding diaryl/α,β-unsaturated/α-hetero) is 1. The molecule has 0 spiro atoms. The first-order chi connectivity index (χ1) is 18.4. The minimum Gasteiger partial charge on any atom is -0.372 e. The summed E-state index contributed by atoms with van der Waals surface area (Å²) in [7, 11) is 1.60. The lowest BCUT2D eigenvalue weighted by Crippen LogP contribution is -2.65. The average Bonchev–Trinajstić information content (AvgIpc) is 3.36. The van der Waals surface area contributed by atoms with Gasteiger partial charge >= 0.3 is 0 Å². The molecule has 2 aliphatic heterocycles. The van der Waals surface area contributed by atoms with Gasteiger partial charge in [-0.3, -0.25) is 19.3 Å². The third-order valence-corrected chi connectivity index (χ3v) is 7.23. The van der Waals surface area contributed by atoms with Crippen molar-refractivity contribution < 1.29 is 23.5 Å². The number of amides is 2. The van der Waals surface area contributed by atoms with Crippen LogP contribution in [-0.2, 0) is 27.5 Å². The molecule has 38 heavy (non-hydrogen) atoms. The highest BCUT2D eigenvalue weighted by Crippen LogP contribution is 2.31. The number of rotatable bonds is 7. The van der Waals surface area contributed by atoms with Gasteiger partial charge in [-0.05, 0) is 41.8 Å². The van der Waals surface area contributed by atoms with E-state index in [2.05, 4.69) is 0 Å². The van der Waals surface area contributed by atoms with E-state index in [1.54, 1.807) is 36.2 Å². The lowest BCUT2D eigenvalue weighted by Gasteiger charge is -2.46. The van der Waals surface area contributed by atoms with Gasteiger partial charge in [0, 0.05) is 25.7 Å². The van der Waals surface area contributed by atoms with Crippen molar-refractivity contribution >= 4 is 17.6 Å². The molecule has 5 rings (SSSR count). The maximum Gasteiger partial charge on any atom is 0.292 e. The largest absolute Gasteiger partial charge is 0.372 e. The van der Waals surface area contributed by atoms with E-state index < -0.39 is 23.9 Å². The Morgan fingerprint density at radius 2 is 1.58 bits per heavy atom. The van der Waals surface area contributed by atoms with Crippen molar-refractivity contribution in [3.63, 3.8) is 0 Å². The number of hydrogen-bond donors (Lipinski definition) is 0. The minimum atomic E-state index is -0.578. The lowest BCUT2D eigenvalue weighted by molar-refractivity contribution is -0.157. The fourth-order valence-corrected chi connectivity index (χ4v) is 5.38. The molecule has 2 amide bonds. The van der Waals surface area contributed by atoms with Crippen molar-refractivity contribution in [1.29, 1.82) is 0 Å². The van der Waals surface area contributed by atoms with Gasteiger partial charge in [0.25, 0.3) is 11.8 Å². The molecule has 7 nitrogen and oxygen atoms in total. The van der Waals surface area contributed by atoms with Gasteiger partial charge < -0.3 is 14.5 Å². The third-order valence-electron chi connectivity index (χ3n) is 7.23. The molecular formula is C30H30FN3O4. The fourth-order valence-electron chi connectivity index (χ4n) is 5.38. The van der Waals surface area contributed by atoms with Gasteiger partial charge in [0.15, 0.2) is 0 Å². The van der Waals surface area contributed by atoms with Crippen LogP contribution < -0.4 is 0 Å². The van der Waals surface area contributed by atoms with Gasteiger partial charge in [-0.2, -0.15) is 0 Å². The van der Waals surface area contributed by atoms with E-state index in [9.17, 15) is 18.8 Å². The maximum atomic E-state index is 13.7. The molecule has 196 valence electrons. The monoisotopic (exact) mass is 515 g/mol. The molecule has 3 aromatic rings. The van der Waals surface area contributed by atoms with Gasteiger partial charge in [-0.25, -0.2) is 4.39 Å². The number of hydrogen-bond acceptors (Lipinski definition) is 5. The van der Waals surface area contributed by atoms with Crippen LogP contribution in [0.25, 0.3) is 0 Å². The van der Waals surface area contributed by atoms with Crippen LogP contribution in [0.5, 0.6) is 0 Å². The van der Waals surface area contributed by atoms with Gasteiger partial charge in [0.05, 0.1) is 25.3 Å². The zero-order chi connectivity index (χ0) is 26.6. The Labute approximate surface area is 221 Å². The number of carbonyl (C=O) groups excluding carboxylic acids is 3. The maximum absolute atomic E-state index is 13.7. The summed E-state index contributed by atoms with van der Waals surface area (Å²) in [6.07, 6.45) is -0.299. The molecule has 0 aromatic heterocycles. The Morgan fingerprint density at radius 1 is 0.921 bits per heavy atom. The van der Waals surface area contributed by atoms with Crippen LogP contribution in [0.15, 0.2) is 84.9 Å². The molecule has 2 aliphatic rings. The predicted molar refractivity (Wildman–Crippen MR) is 139 cm³/mol. The second-order valence-corrected chi connectivity index (χ2v) is 9.83. The van der Waals surface area contributed by atoms with Crippen LogP contribution in [0, 0.1) is 5.82 Å². The van der Waals surface area contributed by atoms with E-state index in [1.807, 2.05) is 53.4 Å². The first-order valence-electron chi connectivity index (χ1n) is 12.7. The van der Waals surface area contributed by atoms with Crippen LogP contribution in [0.2, 0.25) is 0 Å². The number of benzene rings is 3. The number of nitrogens with zero attached hydrogens (tertiary/aromatic N) is 3. The number of carbonyl (C=O) groups is 3.